The van der Waals surface area contributed by atoms with E-state index in [9.17, 15) is 9.00 Å². The molecule has 0 aliphatic heterocycles. The Kier molecular flexibility index (Phi) is 8.68. The number of benzene rings is 1. The number of hydrogen-bond donors (Lipinski definition) is 3. The maximum atomic E-state index is 12.4. The lowest BCUT2D eigenvalue weighted by atomic mass is 9.95. The number of nitrogens with one attached hydrogen (secondary N) is 3. The van der Waals surface area contributed by atoms with Gasteiger partial charge < -0.3 is 16.0 Å². The number of aliphatic imine (C=N–C) groups is 1. The molecule has 0 saturated heterocycles. The average molecular weight is 421 g/mol. The minimum atomic E-state index is -0.737. The molecular weight excluding hydrogens is 384 g/mol. The van der Waals surface area contributed by atoms with Crippen LogP contribution in [0.4, 0.5) is 0 Å². The third kappa shape index (κ3) is 7.80. The van der Waals surface area contributed by atoms with Gasteiger partial charge >= 0.3 is 0 Å². The molecule has 3 atom stereocenters. The van der Waals surface area contributed by atoms with E-state index in [4.69, 9.17) is 0 Å². The van der Waals surface area contributed by atoms with Gasteiger partial charge in [0.2, 0.25) is 0 Å². The van der Waals surface area contributed by atoms with Gasteiger partial charge in [-0.15, -0.1) is 0 Å². The summed E-state index contributed by atoms with van der Waals surface area (Å²) < 4.78 is 12.2. The van der Waals surface area contributed by atoms with Crippen molar-refractivity contribution in [1.29, 1.82) is 0 Å². The topological polar surface area (TPSA) is 82.6 Å². The predicted molar refractivity (Wildman–Crippen MR) is 122 cm³/mol. The Morgan fingerprint density at radius 2 is 2.03 bits per heavy atom. The summed E-state index contributed by atoms with van der Waals surface area (Å²) in [4.78, 5) is 16.7. The number of amides is 1. The molecular formula is C22H36N4O2S. The highest BCUT2D eigenvalue weighted by atomic mass is 32.2. The molecule has 1 saturated carbocycles. The van der Waals surface area contributed by atoms with E-state index in [2.05, 4.69) is 20.9 Å². The van der Waals surface area contributed by atoms with Gasteiger partial charge in [0.1, 0.15) is 0 Å². The summed E-state index contributed by atoms with van der Waals surface area (Å²) in [6, 6.07) is 7.92. The summed E-state index contributed by atoms with van der Waals surface area (Å²) in [6.07, 6.45) is 4.13. The first-order valence-electron chi connectivity index (χ1n) is 10.5. The molecule has 0 aromatic heterocycles. The van der Waals surface area contributed by atoms with E-state index < -0.39 is 10.8 Å². The van der Waals surface area contributed by atoms with Gasteiger partial charge in [-0.25, -0.2) is 0 Å². The molecule has 7 heteroatoms. The van der Waals surface area contributed by atoms with Gasteiger partial charge in [0, 0.05) is 52.5 Å². The predicted octanol–water partition coefficient (Wildman–Crippen LogP) is 2.96. The highest BCUT2D eigenvalue weighted by molar-refractivity contribution is 7.85. The highest BCUT2D eigenvalue weighted by Gasteiger charge is 2.26. The second-order valence-corrected chi connectivity index (χ2v) is 10.6. The van der Waals surface area contributed by atoms with Crippen molar-refractivity contribution >= 4 is 22.7 Å². The van der Waals surface area contributed by atoms with E-state index in [0.717, 1.165) is 43.0 Å². The van der Waals surface area contributed by atoms with Crippen molar-refractivity contribution in [1.82, 2.24) is 16.0 Å². The van der Waals surface area contributed by atoms with Gasteiger partial charge in [0.05, 0.1) is 0 Å². The summed E-state index contributed by atoms with van der Waals surface area (Å²) in [6.45, 7) is 8.48. The molecule has 3 unspecified atom stereocenters. The average Bonchev–Trinajstić information content (AvgIpc) is 2.69. The monoisotopic (exact) mass is 420 g/mol. The molecule has 29 heavy (non-hydrogen) atoms. The SMILES string of the molecule is CCS(=O)C1CCCC(NC(=NC)NCc2cccc(C(=O)NC(C)(C)C)c2)C1. The van der Waals surface area contributed by atoms with Crippen LogP contribution in [0.1, 0.15) is 69.3 Å². The molecule has 1 aromatic rings. The lowest BCUT2D eigenvalue weighted by molar-refractivity contribution is 0.0919. The van der Waals surface area contributed by atoms with E-state index in [1.165, 1.54) is 0 Å². The van der Waals surface area contributed by atoms with Crippen molar-refractivity contribution in [2.45, 2.75) is 76.8 Å². The first-order chi connectivity index (χ1) is 13.7. The maximum Gasteiger partial charge on any atom is 0.251 e. The van der Waals surface area contributed by atoms with Crippen LogP contribution >= 0.6 is 0 Å². The summed E-state index contributed by atoms with van der Waals surface area (Å²) in [5, 5.41) is 10.1. The largest absolute Gasteiger partial charge is 0.354 e. The van der Waals surface area contributed by atoms with Gasteiger partial charge in [-0.3, -0.25) is 14.0 Å². The molecule has 1 aliphatic carbocycles. The van der Waals surface area contributed by atoms with Crippen LogP contribution in [0, 0.1) is 0 Å². The Labute approximate surface area is 177 Å². The molecule has 1 amide bonds. The number of rotatable bonds is 6. The van der Waals surface area contributed by atoms with Gasteiger partial charge in [-0.1, -0.05) is 25.5 Å². The second kappa shape index (κ2) is 10.8. The zero-order valence-electron chi connectivity index (χ0n) is 18.4. The van der Waals surface area contributed by atoms with E-state index in [-0.39, 0.29) is 16.7 Å². The van der Waals surface area contributed by atoms with Gasteiger partial charge in [0.25, 0.3) is 5.91 Å². The van der Waals surface area contributed by atoms with Crippen LogP contribution in [0.25, 0.3) is 0 Å². The van der Waals surface area contributed by atoms with Crippen molar-refractivity contribution in [3.8, 4) is 0 Å². The first kappa shape index (κ1) is 23.4. The van der Waals surface area contributed by atoms with Crippen molar-refractivity contribution < 1.29 is 9.00 Å². The number of carbonyl (C=O) groups is 1. The number of nitrogens with zero attached hydrogens (tertiary/aromatic N) is 1. The minimum Gasteiger partial charge on any atom is -0.354 e. The maximum absolute atomic E-state index is 12.4. The molecule has 162 valence electrons. The third-order valence-electron chi connectivity index (χ3n) is 4.98. The molecule has 1 fully saturated rings. The molecule has 3 N–H and O–H groups in total. The quantitative estimate of drug-likeness (QED) is 0.488. The Morgan fingerprint density at radius 1 is 1.28 bits per heavy atom. The van der Waals surface area contributed by atoms with E-state index in [0.29, 0.717) is 18.2 Å². The van der Waals surface area contributed by atoms with Crippen molar-refractivity contribution in [3.05, 3.63) is 35.4 Å². The molecule has 1 aromatic carbocycles. The smallest absolute Gasteiger partial charge is 0.251 e. The van der Waals surface area contributed by atoms with Crippen LogP contribution in [0.5, 0.6) is 0 Å². The first-order valence-corrected chi connectivity index (χ1v) is 11.9. The van der Waals surface area contributed by atoms with Crippen molar-refractivity contribution in [2.24, 2.45) is 4.99 Å². The number of guanidine groups is 1. The molecule has 0 heterocycles. The van der Waals surface area contributed by atoms with Crippen molar-refractivity contribution in [2.75, 3.05) is 12.8 Å². The van der Waals surface area contributed by atoms with Crippen LogP contribution in [-0.2, 0) is 17.3 Å². The zero-order chi connectivity index (χ0) is 21.4. The zero-order valence-corrected chi connectivity index (χ0v) is 19.2. The molecule has 0 radical (unpaired) electrons. The Balaban J connectivity index is 1.92. The van der Waals surface area contributed by atoms with Gasteiger partial charge in [-0.05, 0) is 57.7 Å². The highest BCUT2D eigenvalue weighted by Crippen LogP contribution is 2.23. The normalized spacial score (nSPS) is 21.3. The molecule has 6 nitrogen and oxygen atoms in total. The van der Waals surface area contributed by atoms with Gasteiger partial charge in [0.15, 0.2) is 5.96 Å². The van der Waals surface area contributed by atoms with Crippen LogP contribution in [-0.4, -0.2) is 45.7 Å². The fourth-order valence-electron chi connectivity index (χ4n) is 3.56. The second-order valence-electron chi connectivity index (χ2n) is 8.63. The lowest BCUT2D eigenvalue weighted by Crippen LogP contribution is -2.46. The number of hydrogen-bond acceptors (Lipinski definition) is 3. The summed E-state index contributed by atoms with van der Waals surface area (Å²) >= 11 is 0. The summed E-state index contributed by atoms with van der Waals surface area (Å²) in [7, 11) is 1.02. The van der Waals surface area contributed by atoms with Gasteiger partial charge in [-0.2, -0.15) is 0 Å². The Bertz CT molecular complexity index is 743. The Hall–Kier alpha value is -1.89. The van der Waals surface area contributed by atoms with E-state index in [1.807, 2.05) is 52.0 Å². The van der Waals surface area contributed by atoms with Crippen LogP contribution in [0.15, 0.2) is 29.3 Å². The van der Waals surface area contributed by atoms with Crippen LogP contribution in [0.2, 0.25) is 0 Å². The Morgan fingerprint density at radius 3 is 2.69 bits per heavy atom. The summed E-state index contributed by atoms with van der Waals surface area (Å²) in [5.74, 6) is 1.39. The fourth-order valence-corrected chi connectivity index (χ4v) is 4.91. The van der Waals surface area contributed by atoms with Crippen LogP contribution in [0.3, 0.4) is 0 Å². The molecule has 0 bridgehead atoms. The molecule has 1 aliphatic rings. The lowest BCUT2D eigenvalue weighted by Gasteiger charge is -2.30. The molecule has 2 rings (SSSR count). The van der Waals surface area contributed by atoms with Crippen molar-refractivity contribution in [3.63, 3.8) is 0 Å². The van der Waals surface area contributed by atoms with E-state index in [1.54, 1.807) is 7.05 Å². The molecule has 0 spiro atoms. The summed E-state index contributed by atoms with van der Waals surface area (Å²) in [5.41, 5.74) is 1.40. The standard InChI is InChI=1S/C22H36N4O2S/c1-6-29(28)19-12-8-11-18(14-19)25-21(23-5)24-15-16-9-7-10-17(13-16)20(27)26-22(2,3)4/h7,9-10,13,18-19H,6,8,11-12,14-15H2,1-5H3,(H,26,27)(H2,23,24,25). The minimum absolute atomic E-state index is 0.0703. The van der Waals surface area contributed by atoms with E-state index >= 15 is 0 Å². The van der Waals surface area contributed by atoms with Crippen LogP contribution < -0.4 is 16.0 Å². The number of carbonyl (C=O) groups excluding carboxylic acids is 1. The third-order valence-corrected chi connectivity index (χ3v) is 6.73. The fraction of sp³-hybridized carbons (Fsp3) is 0.636.